The molecule has 192 valence electrons. The van der Waals surface area contributed by atoms with Gasteiger partial charge in [-0.1, -0.05) is 50.0 Å². The SMILES string of the molecule is CCCCc1nc2ccc(Br)cc2c(=O)n1N=Cc1cc(OCC)c(OCC(C)(C)C)c([N+](=O)[O-])c1. The molecule has 0 aliphatic rings. The Kier molecular flexibility index (Phi) is 8.84. The van der Waals surface area contributed by atoms with Crippen LogP contribution >= 0.6 is 15.9 Å². The first-order valence-corrected chi connectivity index (χ1v) is 12.7. The van der Waals surface area contributed by atoms with E-state index in [4.69, 9.17) is 9.47 Å². The van der Waals surface area contributed by atoms with Gasteiger partial charge in [-0.25, -0.2) is 4.98 Å². The van der Waals surface area contributed by atoms with Crippen LogP contribution in [0.1, 0.15) is 58.8 Å². The maximum absolute atomic E-state index is 13.3. The molecule has 0 amide bonds. The highest BCUT2D eigenvalue weighted by atomic mass is 79.9. The standard InChI is InChI=1S/C26H31BrN4O5/c1-6-8-9-23-29-20-11-10-18(27)14-19(20)25(32)30(23)28-15-17-12-21(31(33)34)24(22(13-17)35-7-2)36-16-26(3,4)5/h10-15H,6-9,16H2,1-5H3. The predicted octanol–water partition coefficient (Wildman–Crippen LogP) is 6.12. The van der Waals surface area contributed by atoms with E-state index in [-0.39, 0.29) is 34.8 Å². The molecule has 0 fully saturated rings. The van der Waals surface area contributed by atoms with Crippen molar-refractivity contribution in [2.75, 3.05) is 13.2 Å². The molecule has 0 bridgehead atoms. The normalized spacial score (nSPS) is 11.8. The second-order valence-electron chi connectivity index (χ2n) is 9.56. The largest absolute Gasteiger partial charge is 0.490 e. The van der Waals surface area contributed by atoms with Gasteiger partial charge in [-0.05, 0) is 43.0 Å². The van der Waals surface area contributed by atoms with Gasteiger partial charge in [0.05, 0.1) is 35.3 Å². The third-order valence-corrected chi connectivity index (χ3v) is 5.65. The Morgan fingerprint density at radius 3 is 2.58 bits per heavy atom. The first-order valence-electron chi connectivity index (χ1n) is 11.9. The molecule has 10 heteroatoms. The van der Waals surface area contributed by atoms with Crippen LogP contribution in [0.15, 0.2) is 44.7 Å². The number of fused-ring (bicyclic) bond motifs is 1. The van der Waals surface area contributed by atoms with Crippen molar-refractivity contribution in [3.63, 3.8) is 0 Å². The fourth-order valence-corrected chi connectivity index (χ4v) is 3.81. The average Bonchev–Trinajstić information content (AvgIpc) is 2.81. The first kappa shape index (κ1) is 27.3. The Hall–Kier alpha value is -3.27. The summed E-state index contributed by atoms with van der Waals surface area (Å²) in [5, 5.41) is 16.7. The molecule has 1 heterocycles. The van der Waals surface area contributed by atoms with Crippen LogP contribution in [0.4, 0.5) is 5.69 Å². The lowest BCUT2D eigenvalue weighted by Crippen LogP contribution is -2.22. The maximum Gasteiger partial charge on any atom is 0.315 e. The van der Waals surface area contributed by atoms with Gasteiger partial charge in [-0.3, -0.25) is 14.9 Å². The van der Waals surface area contributed by atoms with Crippen molar-refractivity contribution in [3.05, 3.63) is 66.7 Å². The molecule has 0 saturated heterocycles. The Morgan fingerprint density at radius 2 is 1.94 bits per heavy atom. The molecule has 0 aliphatic carbocycles. The summed E-state index contributed by atoms with van der Waals surface area (Å²) in [5.41, 5.74) is 0.247. The Morgan fingerprint density at radius 1 is 1.19 bits per heavy atom. The molecule has 2 aromatic carbocycles. The highest BCUT2D eigenvalue weighted by Crippen LogP contribution is 2.39. The molecular formula is C26H31BrN4O5. The minimum Gasteiger partial charge on any atom is -0.490 e. The summed E-state index contributed by atoms with van der Waals surface area (Å²) >= 11 is 3.40. The summed E-state index contributed by atoms with van der Waals surface area (Å²) in [4.78, 5) is 29.3. The third kappa shape index (κ3) is 6.69. The fraction of sp³-hybridized carbons (Fsp3) is 0.423. The summed E-state index contributed by atoms with van der Waals surface area (Å²) in [5.74, 6) is 0.848. The number of nitro benzene ring substituents is 1. The van der Waals surface area contributed by atoms with Gasteiger partial charge in [0, 0.05) is 22.5 Å². The van der Waals surface area contributed by atoms with E-state index >= 15 is 0 Å². The van der Waals surface area contributed by atoms with E-state index < -0.39 is 4.92 Å². The maximum atomic E-state index is 13.3. The summed E-state index contributed by atoms with van der Waals surface area (Å²) in [7, 11) is 0. The first-order chi connectivity index (χ1) is 17.0. The quantitative estimate of drug-likeness (QED) is 0.168. The van der Waals surface area contributed by atoms with Gasteiger partial charge in [0.25, 0.3) is 5.56 Å². The minimum absolute atomic E-state index is 0.0759. The molecule has 0 unspecified atom stereocenters. The number of hydrogen-bond donors (Lipinski definition) is 0. The van der Waals surface area contributed by atoms with Gasteiger partial charge >= 0.3 is 5.69 Å². The summed E-state index contributed by atoms with van der Waals surface area (Å²) < 4.78 is 13.5. The number of rotatable bonds is 10. The van der Waals surface area contributed by atoms with Gasteiger partial charge in [-0.2, -0.15) is 9.78 Å². The topological polar surface area (TPSA) is 109 Å². The summed E-state index contributed by atoms with van der Waals surface area (Å²) in [6.07, 6.45) is 3.74. The lowest BCUT2D eigenvalue weighted by molar-refractivity contribution is -0.386. The molecule has 0 N–H and O–H groups in total. The molecule has 0 spiro atoms. The second kappa shape index (κ2) is 11.6. The van der Waals surface area contributed by atoms with Crippen LogP contribution in [0.3, 0.4) is 0 Å². The molecule has 0 radical (unpaired) electrons. The van der Waals surface area contributed by atoms with Crippen molar-refractivity contribution < 1.29 is 14.4 Å². The third-order valence-electron chi connectivity index (χ3n) is 5.16. The zero-order chi connectivity index (χ0) is 26.5. The summed E-state index contributed by atoms with van der Waals surface area (Å²) in [6.45, 7) is 10.3. The number of benzene rings is 2. The van der Waals surface area contributed by atoms with Crippen molar-refractivity contribution in [2.24, 2.45) is 10.5 Å². The highest BCUT2D eigenvalue weighted by molar-refractivity contribution is 9.10. The highest BCUT2D eigenvalue weighted by Gasteiger charge is 2.24. The van der Waals surface area contributed by atoms with E-state index in [1.165, 1.54) is 17.0 Å². The van der Waals surface area contributed by atoms with Crippen LogP contribution in [-0.2, 0) is 6.42 Å². The number of aromatic nitrogens is 2. The predicted molar refractivity (Wildman–Crippen MR) is 145 cm³/mol. The van der Waals surface area contributed by atoms with Crippen molar-refractivity contribution in [2.45, 2.75) is 53.9 Å². The van der Waals surface area contributed by atoms with Gasteiger partial charge in [-0.15, -0.1) is 0 Å². The smallest absolute Gasteiger partial charge is 0.315 e. The van der Waals surface area contributed by atoms with Crippen LogP contribution < -0.4 is 15.0 Å². The van der Waals surface area contributed by atoms with E-state index in [1.807, 2.05) is 26.8 Å². The Labute approximate surface area is 218 Å². The number of nitrogens with zero attached hydrogens (tertiary/aromatic N) is 4. The number of aryl methyl sites for hydroxylation is 1. The lowest BCUT2D eigenvalue weighted by atomic mass is 9.98. The fourth-order valence-electron chi connectivity index (χ4n) is 3.45. The molecule has 0 aliphatic heterocycles. The van der Waals surface area contributed by atoms with E-state index in [0.717, 1.165) is 17.3 Å². The van der Waals surface area contributed by atoms with E-state index in [0.29, 0.717) is 35.3 Å². The Bertz CT molecular complexity index is 1340. The summed E-state index contributed by atoms with van der Waals surface area (Å²) in [6, 6.07) is 8.33. The number of hydrogen-bond acceptors (Lipinski definition) is 7. The molecular weight excluding hydrogens is 528 g/mol. The molecule has 1 aromatic heterocycles. The molecule has 9 nitrogen and oxygen atoms in total. The monoisotopic (exact) mass is 558 g/mol. The van der Waals surface area contributed by atoms with Gasteiger partial charge in [0.1, 0.15) is 5.82 Å². The molecule has 3 rings (SSSR count). The average molecular weight is 559 g/mol. The molecule has 36 heavy (non-hydrogen) atoms. The number of nitro groups is 1. The van der Waals surface area contributed by atoms with Crippen LogP contribution in [0.2, 0.25) is 0 Å². The van der Waals surface area contributed by atoms with Crippen molar-refractivity contribution in [1.29, 1.82) is 0 Å². The van der Waals surface area contributed by atoms with Crippen molar-refractivity contribution in [1.82, 2.24) is 9.66 Å². The van der Waals surface area contributed by atoms with E-state index in [1.54, 1.807) is 25.1 Å². The van der Waals surface area contributed by atoms with Crippen LogP contribution in [0.5, 0.6) is 11.5 Å². The minimum atomic E-state index is -0.508. The number of halogens is 1. The Balaban J connectivity index is 2.12. The van der Waals surface area contributed by atoms with E-state index in [9.17, 15) is 14.9 Å². The van der Waals surface area contributed by atoms with Crippen LogP contribution in [0.25, 0.3) is 10.9 Å². The lowest BCUT2D eigenvalue weighted by Gasteiger charge is -2.20. The van der Waals surface area contributed by atoms with Crippen molar-refractivity contribution in [3.8, 4) is 11.5 Å². The number of unbranched alkanes of at least 4 members (excludes halogenated alkanes) is 1. The molecule has 0 saturated carbocycles. The van der Waals surface area contributed by atoms with Gasteiger partial charge < -0.3 is 9.47 Å². The molecule has 3 aromatic rings. The number of ether oxygens (including phenoxy) is 2. The zero-order valence-corrected chi connectivity index (χ0v) is 22.8. The van der Waals surface area contributed by atoms with Gasteiger partial charge in [0.2, 0.25) is 5.75 Å². The van der Waals surface area contributed by atoms with Crippen LogP contribution in [0, 0.1) is 15.5 Å². The van der Waals surface area contributed by atoms with E-state index in [2.05, 4.69) is 32.9 Å². The second-order valence-corrected chi connectivity index (χ2v) is 10.5. The zero-order valence-electron chi connectivity index (χ0n) is 21.2. The molecule has 0 atom stereocenters. The van der Waals surface area contributed by atoms with Gasteiger partial charge in [0.15, 0.2) is 5.75 Å². The van der Waals surface area contributed by atoms with Crippen LogP contribution in [-0.4, -0.2) is 34.0 Å². The van der Waals surface area contributed by atoms with Crippen molar-refractivity contribution >= 4 is 38.7 Å².